The van der Waals surface area contributed by atoms with Gasteiger partial charge in [0.25, 0.3) is 5.69 Å². The van der Waals surface area contributed by atoms with Gasteiger partial charge in [0.15, 0.2) is 0 Å². The summed E-state index contributed by atoms with van der Waals surface area (Å²) in [6, 6.07) is 11.8. The van der Waals surface area contributed by atoms with Crippen molar-refractivity contribution < 1.29 is 29.2 Å². The Morgan fingerprint density at radius 1 is 1.13 bits per heavy atom. The molecule has 2 aromatic carbocycles. The third kappa shape index (κ3) is 4.78. The molecule has 39 heavy (non-hydrogen) atoms. The van der Waals surface area contributed by atoms with Crippen LogP contribution in [0.5, 0.6) is 5.75 Å². The topological polar surface area (TPSA) is 139 Å². The van der Waals surface area contributed by atoms with Gasteiger partial charge in [0.05, 0.1) is 29.1 Å². The summed E-state index contributed by atoms with van der Waals surface area (Å²) in [4.78, 5) is 52.8. The van der Waals surface area contributed by atoms with Gasteiger partial charge in [-0.3, -0.25) is 29.8 Å². The van der Waals surface area contributed by atoms with Crippen LogP contribution in [0.2, 0.25) is 0 Å². The highest BCUT2D eigenvalue weighted by Crippen LogP contribution is 2.53. The Labute approximate surface area is 226 Å². The minimum atomic E-state index is -1.64. The van der Waals surface area contributed by atoms with Crippen LogP contribution in [0.3, 0.4) is 0 Å². The maximum Gasteiger partial charge on any atom is 0.324 e. The quantitative estimate of drug-likeness (QED) is 0.269. The second-order valence-corrected chi connectivity index (χ2v) is 10.8. The number of nitrogens with one attached hydrogen (secondary N) is 1. The molecule has 10 nitrogen and oxygen atoms in total. The SMILES string of the molecule is CCCOc1ccc(C2NC(CC3CCCCC3)(C(=O)O)C3C(=O)N(c4cccc([N+](=O)[O-])c4)C(=O)C23)cc1. The van der Waals surface area contributed by atoms with Gasteiger partial charge in [-0.2, -0.15) is 0 Å². The van der Waals surface area contributed by atoms with Crippen molar-refractivity contribution in [3.05, 3.63) is 64.2 Å². The summed E-state index contributed by atoms with van der Waals surface area (Å²) in [5.74, 6) is -3.70. The number of benzene rings is 2. The van der Waals surface area contributed by atoms with Crippen molar-refractivity contribution in [3.63, 3.8) is 0 Å². The van der Waals surface area contributed by atoms with Gasteiger partial charge in [-0.15, -0.1) is 0 Å². The largest absolute Gasteiger partial charge is 0.494 e. The van der Waals surface area contributed by atoms with Crippen LogP contribution < -0.4 is 15.0 Å². The molecule has 2 N–H and O–H groups in total. The molecule has 4 unspecified atom stereocenters. The summed E-state index contributed by atoms with van der Waals surface area (Å²) in [6.07, 6.45) is 5.94. The first-order chi connectivity index (χ1) is 18.8. The number of imide groups is 1. The van der Waals surface area contributed by atoms with Crippen LogP contribution >= 0.6 is 0 Å². The number of carbonyl (C=O) groups excluding carboxylic acids is 2. The number of aliphatic carboxylic acids is 1. The molecule has 5 rings (SSSR count). The molecular formula is C29H33N3O7. The first-order valence-electron chi connectivity index (χ1n) is 13.6. The molecule has 1 aliphatic carbocycles. The lowest BCUT2D eigenvalue weighted by molar-refractivity contribution is -0.384. The van der Waals surface area contributed by atoms with Gasteiger partial charge < -0.3 is 9.84 Å². The van der Waals surface area contributed by atoms with Crippen LogP contribution in [0.15, 0.2) is 48.5 Å². The van der Waals surface area contributed by atoms with E-state index in [0.29, 0.717) is 17.9 Å². The standard InChI is InChI=1S/C29H33N3O7/c1-2-15-39-22-13-11-19(12-14-22)25-23-24(29(30-25,28(35)36)17-18-7-4-3-5-8-18)27(34)31(26(23)33)20-9-6-10-21(16-20)32(37)38/h6,9-14,16,18,23-25,30H,2-5,7-8,15,17H2,1H3,(H,35,36). The zero-order chi connectivity index (χ0) is 27.7. The number of amides is 2. The number of ether oxygens (including phenoxy) is 1. The molecule has 2 aliphatic heterocycles. The Balaban J connectivity index is 1.57. The Kier molecular flexibility index (Phi) is 7.40. The zero-order valence-electron chi connectivity index (χ0n) is 21.9. The maximum absolute atomic E-state index is 14.0. The zero-order valence-corrected chi connectivity index (χ0v) is 21.9. The lowest BCUT2D eigenvalue weighted by Gasteiger charge is -2.35. The van der Waals surface area contributed by atoms with E-state index in [1.165, 1.54) is 24.3 Å². The van der Waals surface area contributed by atoms with E-state index < -0.39 is 46.1 Å². The normalized spacial score (nSPS) is 27.0. The van der Waals surface area contributed by atoms with Gasteiger partial charge in [0, 0.05) is 18.2 Å². The molecule has 2 amide bonds. The number of carboxylic acid groups (broad SMARTS) is 1. The average molecular weight is 536 g/mol. The lowest BCUT2D eigenvalue weighted by Crippen LogP contribution is -2.57. The van der Waals surface area contributed by atoms with Crippen molar-refractivity contribution in [2.45, 2.75) is 63.5 Å². The van der Waals surface area contributed by atoms with Crippen LogP contribution in [0.4, 0.5) is 11.4 Å². The minimum Gasteiger partial charge on any atom is -0.494 e. The number of nitro benzene ring substituents is 1. The molecule has 0 spiro atoms. The second kappa shape index (κ2) is 10.8. The Morgan fingerprint density at radius 2 is 1.85 bits per heavy atom. The van der Waals surface area contributed by atoms with E-state index in [1.807, 2.05) is 6.92 Å². The molecule has 4 atom stereocenters. The monoisotopic (exact) mass is 535 g/mol. The van der Waals surface area contributed by atoms with E-state index in [4.69, 9.17) is 4.74 Å². The van der Waals surface area contributed by atoms with E-state index >= 15 is 0 Å². The number of hydrogen-bond acceptors (Lipinski definition) is 7. The fourth-order valence-electron chi connectivity index (χ4n) is 6.60. The molecular weight excluding hydrogens is 502 g/mol. The van der Waals surface area contributed by atoms with E-state index in [2.05, 4.69) is 5.32 Å². The Bertz CT molecular complexity index is 1270. The summed E-state index contributed by atoms with van der Waals surface area (Å²) in [5.41, 5.74) is -1.14. The number of hydrogen-bond donors (Lipinski definition) is 2. The van der Waals surface area contributed by atoms with Crippen molar-refractivity contribution in [3.8, 4) is 5.75 Å². The van der Waals surface area contributed by atoms with Crippen LogP contribution in [0, 0.1) is 27.9 Å². The van der Waals surface area contributed by atoms with Gasteiger partial charge in [0.1, 0.15) is 11.3 Å². The van der Waals surface area contributed by atoms with Crippen LogP contribution in [-0.4, -0.2) is 40.0 Å². The Hall–Kier alpha value is -3.79. The number of fused-ring (bicyclic) bond motifs is 1. The first kappa shape index (κ1) is 26.8. The predicted octanol–water partition coefficient (Wildman–Crippen LogP) is 4.63. The number of nitro groups is 1. The van der Waals surface area contributed by atoms with Gasteiger partial charge in [-0.1, -0.05) is 57.2 Å². The summed E-state index contributed by atoms with van der Waals surface area (Å²) in [5, 5.41) is 25.3. The van der Waals surface area contributed by atoms with Gasteiger partial charge in [-0.05, 0) is 42.5 Å². The summed E-state index contributed by atoms with van der Waals surface area (Å²) < 4.78 is 5.68. The van der Waals surface area contributed by atoms with Crippen LogP contribution in [0.25, 0.3) is 0 Å². The van der Waals surface area contributed by atoms with Crippen molar-refractivity contribution in [2.24, 2.45) is 17.8 Å². The minimum absolute atomic E-state index is 0.0765. The van der Waals surface area contributed by atoms with Crippen molar-refractivity contribution in [2.75, 3.05) is 11.5 Å². The molecule has 1 saturated carbocycles. The van der Waals surface area contributed by atoms with Crippen LogP contribution in [-0.2, 0) is 14.4 Å². The number of nitrogens with zero attached hydrogens (tertiary/aromatic N) is 2. The molecule has 0 radical (unpaired) electrons. The van der Waals surface area contributed by atoms with Gasteiger partial charge in [0.2, 0.25) is 11.8 Å². The highest BCUT2D eigenvalue weighted by Gasteiger charge is 2.69. The molecule has 3 aliphatic rings. The summed E-state index contributed by atoms with van der Waals surface area (Å²) in [7, 11) is 0. The number of carboxylic acids is 1. The highest BCUT2D eigenvalue weighted by molar-refractivity contribution is 6.24. The fraction of sp³-hybridized carbons (Fsp3) is 0.483. The molecule has 206 valence electrons. The third-order valence-electron chi connectivity index (χ3n) is 8.38. The molecule has 0 bridgehead atoms. The average Bonchev–Trinajstić information content (AvgIpc) is 3.42. The highest BCUT2D eigenvalue weighted by atomic mass is 16.6. The number of non-ortho nitro benzene ring substituents is 1. The van der Waals surface area contributed by atoms with E-state index in [1.54, 1.807) is 24.3 Å². The third-order valence-corrected chi connectivity index (χ3v) is 8.38. The van der Waals surface area contributed by atoms with E-state index in [-0.39, 0.29) is 23.7 Å². The number of carbonyl (C=O) groups is 3. The van der Waals surface area contributed by atoms with Gasteiger partial charge in [-0.25, -0.2) is 4.90 Å². The van der Waals surface area contributed by atoms with Crippen molar-refractivity contribution in [1.82, 2.24) is 5.32 Å². The van der Waals surface area contributed by atoms with E-state index in [9.17, 15) is 29.6 Å². The molecule has 0 aromatic heterocycles. The Morgan fingerprint density at radius 3 is 2.49 bits per heavy atom. The molecule has 2 saturated heterocycles. The maximum atomic E-state index is 14.0. The molecule has 2 aromatic rings. The summed E-state index contributed by atoms with van der Waals surface area (Å²) >= 11 is 0. The summed E-state index contributed by atoms with van der Waals surface area (Å²) in [6.45, 7) is 2.56. The van der Waals surface area contributed by atoms with Crippen molar-refractivity contribution in [1.29, 1.82) is 0 Å². The van der Waals surface area contributed by atoms with Crippen molar-refractivity contribution >= 4 is 29.2 Å². The second-order valence-electron chi connectivity index (χ2n) is 10.8. The van der Waals surface area contributed by atoms with Crippen LogP contribution in [0.1, 0.15) is 63.5 Å². The number of rotatable bonds is 9. The first-order valence-corrected chi connectivity index (χ1v) is 13.6. The molecule has 2 heterocycles. The predicted molar refractivity (Wildman–Crippen MR) is 142 cm³/mol. The smallest absolute Gasteiger partial charge is 0.324 e. The number of anilines is 1. The molecule has 3 fully saturated rings. The van der Waals surface area contributed by atoms with Gasteiger partial charge >= 0.3 is 5.97 Å². The fourth-order valence-corrected chi connectivity index (χ4v) is 6.60. The lowest BCUT2D eigenvalue weighted by atomic mass is 9.72. The van der Waals surface area contributed by atoms with E-state index in [0.717, 1.165) is 43.4 Å². The molecule has 10 heteroatoms.